The molecular weight excluding hydrogens is 246 g/mol. The maximum Gasteiger partial charge on any atom is 0.195 e. The Kier molecular flexibility index (Phi) is 5.83. The number of nitrogens with one attached hydrogen (secondary N) is 1. The second-order valence-electron chi connectivity index (χ2n) is 3.31. The zero-order valence-corrected chi connectivity index (χ0v) is 11.2. The highest BCUT2D eigenvalue weighted by atomic mass is 32.1. The molecule has 5 N–H and O–H groups in total. The molecule has 18 heavy (non-hydrogen) atoms. The monoisotopic (exact) mass is 263 g/mol. The lowest BCUT2D eigenvalue weighted by Gasteiger charge is -1.98. The van der Waals surface area contributed by atoms with Gasteiger partial charge in [-0.05, 0) is 13.8 Å². The summed E-state index contributed by atoms with van der Waals surface area (Å²) in [5.74, 6) is 10.9. The van der Waals surface area contributed by atoms with Gasteiger partial charge in [0, 0.05) is 11.0 Å². The summed E-state index contributed by atoms with van der Waals surface area (Å²) in [6.45, 7) is 3.93. The molecule has 0 atom stereocenters. The Hall–Kier alpha value is -1.92. The van der Waals surface area contributed by atoms with Crippen molar-refractivity contribution in [2.24, 2.45) is 16.8 Å². The fraction of sp³-hybridized carbons (Fsp3) is 0.167. The summed E-state index contributed by atoms with van der Waals surface area (Å²) in [6.07, 6.45) is 9.88. The van der Waals surface area contributed by atoms with Gasteiger partial charge in [-0.3, -0.25) is 0 Å². The maximum atomic E-state index is 5.31. The Bertz CT molecular complexity index is 496. The number of hydrogen-bond acceptors (Lipinski definition) is 5. The zero-order chi connectivity index (χ0) is 13.4. The van der Waals surface area contributed by atoms with Crippen molar-refractivity contribution in [3.8, 4) is 0 Å². The van der Waals surface area contributed by atoms with Gasteiger partial charge in [0.25, 0.3) is 0 Å². The van der Waals surface area contributed by atoms with Gasteiger partial charge in [0.2, 0.25) is 0 Å². The number of nitrogens with two attached hydrogens (primary N) is 2. The normalized spacial score (nSPS) is 13.7. The van der Waals surface area contributed by atoms with E-state index in [4.69, 9.17) is 11.7 Å². The van der Waals surface area contributed by atoms with E-state index in [1.54, 1.807) is 0 Å². The topological polar surface area (TPSA) is 89.3 Å². The molecule has 6 heteroatoms. The number of hydrazine groups is 1. The molecule has 0 spiro atoms. The Morgan fingerprint density at radius 3 is 2.78 bits per heavy atom. The molecular formula is C12H17N5S. The van der Waals surface area contributed by atoms with E-state index in [9.17, 15) is 0 Å². The second-order valence-corrected chi connectivity index (χ2v) is 4.17. The van der Waals surface area contributed by atoms with Crippen LogP contribution in [0.2, 0.25) is 0 Å². The van der Waals surface area contributed by atoms with E-state index in [1.807, 2.05) is 49.6 Å². The molecule has 5 nitrogen and oxygen atoms in total. The summed E-state index contributed by atoms with van der Waals surface area (Å²) in [7, 11) is 0. The van der Waals surface area contributed by atoms with Crippen molar-refractivity contribution in [2.45, 2.75) is 13.8 Å². The highest BCUT2D eigenvalue weighted by Gasteiger charge is 2.09. The minimum Gasteiger partial charge on any atom is -0.321 e. The lowest BCUT2D eigenvalue weighted by Crippen LogP contribution is -2.31. The van der Waals surface area contributed by atoms with Crippen LogP contribution in [0.4, 0.5) is 0 Å². The fourth-order valence-electron chi connectivity index (χ4n) is 1.28. The number of nitrogens with zero attached hydrogens (tertiary/aromatic N) is 2. The number of aromatic nitrogens is 1. The number of hydrogen-bond donors (Lipinski definition) is 3. The van der Waals surface area contributed by atoms with Crippen LogP contribution >= 0.6 is 11.3 Å². The molecule has 0 saturated heterocycles. The van der Waals surface area contributed by atoms with Gasteiger partial charge < -0.3 is 11.3 Å². The quantitative estimate of drug-likeness (QED) is 0.254. The van der Waals surface area contributed by atoms with E-state index in [0.717, 1.165) is 11.3 Å². The summed E-state index contributed by atoms with van der Waals surface area (Å²) in [6, 6.07) is 0. The average Bonchev–Trinajstić information content (AvgIpc) is 2.85. The Labute approximate surface area is 111 Å². The standard InChI is InChI=1S/C12H17N5S/c1-3-5-7-9(6-4-2)10-8-18-12(15-10)11(16-13)17-14/h3-8H,13-14H2,1-2H3,(H,16,17)/b5-3+,6-4-,9-7+. The molecule has 0 unspecified atom stereocenters. The molecule has 1 aromatic heterocycles. The summed E-state index contributed by atoms with van der Waals surface area (Å²) >= 11 is 1.43. The van der Waals surface area contributed by atoms with Crippen LogP contribution in [0.15, 0.2) is 40.9 Å². The number of thiazole rings is 1. The first-order chi connectivity index (χ1) is 8.76. The third kappa shape index (κ3) is 3.54. The summed E-state index contributed by atoms with van der Waals surface area (Å²) < 4.78 is 0. The lowest BCUT2D eigenvalue weighted by molar-refractivity contribution is 0.999. The molecule has 0 aliphatic heterocycles. The molecule has 0 aliphatic carbocycles. The molecule has 96 valence electrons. The van der Waals surface area contributed by atoms with Crippen molar-refractivity contribution in [2.75, 3.05) is 0 Å². The van der Waals surface area contributed by atoms with Gasteiger partial charge >= 0.3 is 0 Å². The average molecular weight is 263 g/mol. The van der Waals surface area contributed by atoms with Crippen LogP contribution in [0.3, 0.4) is 0 Å². The molecule has 1 heterocycles. The van der Waals surface area contributed by atoms with E-state index in [0.29, 0.717) is 10.8 Å². The predicted molar refractivity (Wildman–Crippen MR) is 77.8 cm³/mol. The number of allylic oxidation sites excluding steroid dienone is 6. The number of rotatable bonds is 4. The van der Waals surface area contributed by atoms with E-state index in [1.165, 1.54) is 11.3 Å². The molecule has 0 fully saturated rings. The van der Waals surface area contributed by atoms with Gasteiger partial charge in [-0.25, -0.2) is 10.8 Å². The van der Waals surface area contributed by atoms with Crippen molar-refractivity contribution in [3.05, 3.63) is 46.5 Å². The van der Waals surface area contributed by atoms with Crippen LogP contribution in [-0.4, -0.2) is 10.8 Å². The van der Waals surface area contributed by atoms with Crippen molar-refractivity contribution in [1.82, 2.24) is 10.4 Å². The van der Waals surface area contributed by atoms with E-state index < -0.39 is 0 Å². The van der Waals surface area contributed by atoms with Crippen molar-refractivity contribution in [1.29, 1.82) is 0 Å². The van der Waals surface area contributed by atoms with Gasteiger partial charge in [0.1, 0.15) is 0 Å². The first kappa shape index (κ1) is 14.1. The van der Waals surface area contributed by atoms with Crippen LogP contribution in [0.25, 0.3) is 5.57 Å². The smallest absolute Gasteiger partial charge is 0.195 e. The molecule has 0 amide bonds. The Morgan fingerprint density at radius 2 is 2.22 bits per heavy atom. The van der Waals surface area contributed by atoms with E-state index in [2.05, 4.69) is 15.5 Å². The second kappa shape index (κ2) is 7.41. The molecule has 0 saturated carbocycles. The first-order valence-electron chi connectivity index (χ1n) is 5.43. The van der Waals surface area contributed by atoms with Crippen LogP contribution in [-0.2, 0) is 0 Å². The van der Waals surface area contributed by atoms with Crippen molar-refractivity contribution in [3.63, 3.8) is 0 Å². The molecule has 1 rings (SSSR count). The molecule has 0 radical (unpaired) electrons. The van der Waals surface area contributed by atoms with Crippen LogP contribution < -0.4 is 17.1 Å². The van der Waals surface area contributed by atoms with Gasteiger partial charge in [-0.1, -0.05) is 30.4 Å². The van der Waals surface area contributed by atoms with Gasteiger partial charge in [-0.2, -0.15) is 5.10 Å². The summed E-state index contributed by atoms with van der Waals surface area (Å²) in [4.78, 5) is 4.44. The zero-order valence-electron chi connectivity index (χ0n) is 10.4. The van der Waals surface area contributed by atoms with Gasteiger partial charge in [-0.15, -0.1) is 11.3 Å². The molecule has 0 bridgehead atoms. The molecule has 0 aromatic carbocycles. The maximum absolute atomic E-state index is 5.31. The number of amidine groups is 1. The minimum atomic E-state index is 0.372. The Morgan fingerprint density at radius 1 is 1.44 bits per heavy atom. The summed E-state index contributed by atoms with van der Waals surface area (Å²) in [5.41, 5.74) is 4.30. The highest BCUT2D eigenvalue weighted by Crippen LogP contribution is 2.19. The van der Waals surface area contributed by atoms with Crippen LogP contribution in [0, 0.1) is 0 Å². The lowest BCUT2D eigenvalue weighted by atomic mass is 10.1. The fourth-order valence-corrected chi connectivity index (χ4v) is 2.06. The third-order valence-electron chi connectivity index (χ3n) is 2.08. The van der Waals surface area contributed by atoms with E-state index >= 15 is 0 Å². The largest absolute Gasteiger partial charge is 0.321 e. The van der Waals surface area contributed by atoms with Gasteiger partial charge in [0.15, 0.2) is 10.8 Å². The SMILES string of the molecule is C\C=C/C(=C\C=C\C)c1csc(/C(=N/N)NN)n1. The van der Waals surface area contributed by atoms with E-state index in [-0.39, 0.29) is 0 Å². The predicted octanol–water partition coefficient (Wildman–Crippen LogP) is 1.76. The van der Waals surface area contributed by atoms with Crippen LogP contribution in [0.5, 0.6) is 0 Å². The van der Waals surface area contributed by atoms with Crippen LogP contribution in [0.1, 0.15) is 24.5 Å². The first-order valence-corrected chi connectivity index (χ1v) is 6.31. The highest BCUT2D eigenvalue weighted by molar-refractivity contribution is 7.11. The number of hydrazone groups is 1. The van der Waals surface area contributed by atoms with Crippen molar-refractivity contribution < 1.29 is 0 Å². The van der Waals surface area contributed by atoms with Crippen molar-refractivity contribution >= 4 is 22.7 Å². The Balaban J connectivity index is 3.09. The summed E-state index contributed by atoms with van der Waals surface area (Å²) in [5, 5.41) is 6.13. The minimum absolute atomic E-state index is 0.372. The third-order valence-corrected chi connectivity index (χ3v) is 2.93. The van der Waals surface area contributed by atoms with Gasteiger partial charge in [0.05, 0.1) is 5.69 Å². The molecule has 1 aromatic rings. The molecule has 0 aliphatic rings.